The molecule has 222 valence electrons. The summed E-state index contributed by atoms with van der Waals surface area (Å²) in [6.07, 6.45) is 0.160. The number of nitrogens with one attached hydrogen (secondary N) is 2. The SMILES string of the molecule is COc1ccc(C2C=CC(=O)N(CCCCOc3ccc(C4=NNC(=O)CC4)c(F)c3F)N2)n2cc(C(F)(F)F)nc12. The van der Waals surface area contributed by atoms with Crippen molar-refractivity contribution in [1.29, 1.82) is 0 Å². The van der Waals surface area contributed by atoms with Gasteiger partial charge >= 0.3 is 6.18 Å². The van der Waals surface area contributed by atoms with E-state index in [-0.39, 0.29) is 66.2 Å². The van der Waals surface area contributed by atoms with Crippen molar-refractivity contribution >= 4 is 23.2 Å². The smallest absolute Gasteiger partial charge is 0.434 e. The Labute approximate surface area is 235 Å². The molecule has 15 heteroatoms. The van der Waals surface area contributed by atoms with E-state index >= 15 is 0 Å². The number of amides is 2. The number of carbonyl (C=O) groups excluding carboxylic acids is 2. The Morgan fingerprint density at radius 3 is 2.55 bits per heavy atom. The molecule has 2 amide bonds. The number of alkyl halides is 3. The van der Waals surface area contributed by atoms with Gasteiger partial charge in [0.2, 0.25) is 11.7 Å². The third-order valence-electron chi connectivity index (χ3n) is 6.73. The van der Waals surface area contributed by atoms with E-state index in [1.54, 1.807) is 6.07 Å². The summed E-state index contributed by atoms with van der Waals surface area (Å²) in [5.74, 6) is -3.09. The molecule has 2 aliphatic heterocycles. The quantitative estimate of drug-likeness (QED) is 0.287. The lowest BCUT2D eigenvalue weighted by Crippen LogP contribution is -2.47. The molecule has 10 nitrogen and oxygen atoms in total. The number of fused-ring (bicyclic) bond motifs is 1. The minimum atomic E-state index is -4.66. The Balaban J connectivity index is 1.19. The third kappa shape index (κ3) is 5.91. The second kappa shape index (κ2) is 11.8. The zero-order valence-corrected chi connectivity index (χ0v) is 22.2. The molecule has 0 spiro atoms. The number of benzene rings is 1. The van der Waals surface area contributed by atoms with Crippen LogP contribution < -0.4 is 20.3 Å². The van der Waals surface area contributed by atoms with E-state index in [1.807, 2.05) is 0 Å². The predicted octanol–water partition coefficient (Wildman–Crippen LogP) is 4.06. The van der Waals surface area contributed by atoms with Crippen LogP contribution in [0.2, 0.25) is 0 Å². The number of aromatic nitrogens is 2. The van der Waals surface area contributed by atoms with E-state index < -0.39 is 29.5 Å². The summed E-state index contributed by atoms with van der Waals surface area (Å²) in [7, 11) is 1.33. The summed E-state index contributed by atoms with van der Waals surface area (Å²) in [6.45, 7) is 0.240. The zero-order valence-electron chi connectivity index (χ0n) is 22.2. The summed E-state index contributed by atoms with van der Waals surface area (Å²) in [5, 5.41) is 5.10. The minimum absolute atomic E-state index is 0.0201. The van der Waals surface area contributed by atoms with Crippen molar-refractivity contribution in [2.75, 3.05) is 20.3 Å². The van der Waals surface area contributed by atoms with Gasteiger partial charge in [0.1, 0.15) is 0 Å². The van der Waals surface area contributed by atoms with Crippen molar-refractivity contribution in [2.24, 2.45) is 5.10 Å². The molecule has 1 unspecified atom stereocenters. The molecule has 3 aromatic rings. The highest BCUT2D eigenvalue weighted by atomic mass is 19.4. The molecule has 0 aliphatic carbocycles. The van der Waals surface area contributed by atoms with E-state index in [2.05, 4.69) is 20.9 Å². The molecule has 0 saturated carbocycles. The van der Waals surface area contributed by atoms with Gasteiger partial charge in [0.25, 0.3) is 5.91 Å². The summed E-state index contributed by atoms with van der Waals surface area (Å²) in [6, 6.07) is 5.04. The van der Waals surface area contributed by atoms with Crippen LogP contribution in [0, 0.1) is 11.6 Å². The minimum Gasteiger partial charge on any atom is -0.493 e. The van der Waals surface area contributed by atoms with Crippen molar-refractivity contribution in [3.05, 3.63) is 71.2 Å². The first-order valence-electron chi connectivity index (χ1n) is 12.9. The molecular weight excluding hydrogens is 567 g/mol. The summed E-state index contributed by atoms with van der Waals surface area (Å²) >= 11 is 0. The molecule has 0 fully saturated rings. The number of unbranched alkanes of at least 4 members (excludes halogenated alkanes) is 1. The van der Waals surface area contributed by atoms with E-state index in [9.17, 15) is 31.5 Å². The molecular formula is C27H25F5N6O4. The number of rotatable bonds is 9. The van der Waals surface area contributed by atoms with Gasteiger partial charge in [0.05, 0.1) is 25.5 Å². The molecule has 1 aromatic carbocycles. The van der Waals surface area contributed by atoms with Crippen molar-refractivity contribution in [3.63, 3.8) is 0 Å². The van der Waals surface area contributed by atoms with Crippen molar-refractivity contribution < 1.29 is 41.0 Å². The second-order valence-corrected chi connectivity index (χ2v) is 9.49. The van der Waals surface area contributed by atoms with Gasteiger partial charge in [-0.05, 0) is 37.1 Å². The number of ether oxygens (including phenoxy) is 2. The van der Waals surface area contributed by atoms with Gasteiger partial charge in [-0.3, -0.25) is 19.0 Å². The van der Waals surface area contributed by atoms with Gasteiger partial charge in [0, 0.05) is 42.9 Å². The topological polar surface area (TPSA) is 110 Å². The Morgan fingerprint density at radius 1 is 1.05 bits per heavy atom. The molecule has 0 saturated heterocycles. The Bertz CT molecular complexity index is 1590. The highest BCUT2D eigenvalue weighted by Crippen LogP contribution is 2.33. The van der Waals surface area contributed by atoms with E-state index in [0.29, 0.717) is 18.5 Å². The Kier molecular flexibility index (Phi) is 8.11. The van der Waals surface area contributed by atoms with Gasteiger partial charge in [-0.2, -0.15) is 22.7 Å². The third-order valence-corrected chi connectivity index (χ3v) is 6.73. The fourth-order valence-electron chi connectivity index (χ4n) is 4.59. The number of methoxy groups -OCH3 is 1. The molecule has 4 heterocycles. The molecule has 42 heavy (non-hydrogen) atoms. The maximum absolute atomic E-state index is 14.6. The van der Waals surface area contributed by atoms with Gasteiger partial charge in [-0.1, -0.05) is 6.08 Å². The molecule has 0 bridgehead atoms. The zero-order chi connectivity index (χ0) is 30.0. The number of imidazole rings is 1. The number of pyridine rings is 1. The normalized spacial score (nSPS) is 17.4. The molecule has 2 N–H and O–H groups in total. The molecule has 1 atom stereocenters. The largest absolute Gasteiger partial charge is 0.493 e. The van der Waals surface area contributed by atoms with Crippen molar-refractivity contribution in [3.8, 4) is 11.5 Å². The first-order chi connectivity index (χ1) is 20.1. The molecule has 2 aliphatic rings. The lowest BCUT2D eigenvalue weighted by Gasteiger charge is -2.30. The van der Waals surface area contributed by atoms with Gasteiger partial charge < -0.3 is 9.47 Å². The maximum atomic E-state index is 14.6. The van der Waals surface area contributed by atoms with Gasteiger partial charge in [-0.25, -0.2) is 20.2 Å². The van der Waals surface area contributed by atoms with Gasteiger partial charge in [-0.15, -0.1) is 0 Å². The van der Waals surface area contributed by atoms with Crippen LogP contribution >= 0.6 is 0 Å². The summed E-state index contributed by atoms with van der Waals surface area (Å²) < 4.78 is 81.1. The number of hydrogen-bond donors (Lipinski definition) is 2. The predicted molar refractivity (Wildman–Crippen MR) is 138 cm³/mol. The summed E-state index contributed by atoms with van der Waals surface area (Å²) in [5.41, 5.74) is 4.71. The van der Waals surface area contributed by atoms with E-state index in [1.165, 1.54) is 46.9 Å². The monoisotopic (exact) mass is 592 g/mol. The van der Waals surface area contributed by atoms with Crippen LogP contribution in [0.25, 0.3) is 5.65 Å². The Hall–Kier alpha value is -4.53. The first kappa shape index (κ1) is 29.0. The van der Waals surface area contributed by atoms with Crippen LogP contribution in [-0.2, 0) is 15.8 Å². The standard InChI is InChI=1S/C27H25F5N6O4/c1-41-20-9-7-18(37-14-21(27(30,31)32)33-26(20)37)17-6-11-23(40)38(36-17)12-2-3-13-42-19-8-4-15(24(28)25(19)29)16-5-10-22(39)35-34-16/h4,6-9,11,14,17,36H,2-3,5,10,12-13H2,1H3,(H,35,39). The highest BCUT2D eigenvalue weighted by Gasteiger charge is 2.35. The highest BCUT2D eigenvalue weighted by molar-refractivity contribution is 6.04. The maximum Gasteiger partial charge on any atom is 0.434 e. The van der Waals surface area contributed by atoms with Crippen LogP contribution in [0.1, 0.15) is 48.7 Å². The van der Waals surface area contributed by atoms with Crippen LogP contribution in [0.5, 0.6) is 11.5 Å². The number of hydrazine groups is 1. The van der Waals surface area contributed by atoms with E-state index in [4.69, 9.17) is 9.47 Å². The lowest BCUT2D eigenvalue weighted by molar-refractivity contribution is -0.140. The van der Waals surface area contributed by atoms with Crippen LogP contribution in [0.4, 0.5) is 22.0 Å². The van der Waals surface area contributed by atoms with Gasteiger partial charge in [0.15, 0.2) is 28.7 Å². The van der Waals surface area contributed by atoms with Crippen LogP contribution in [-0.4, -0.2) is 52.2 Å². The molecule has 5 rings (SSSR count). The van der Waals surface area contributed by atoms with E-state index in [0.717, 1.165) is 6.20 Å². The number of hydrazone groups is 1. The Morgan fingerprint density at radius 2 is 1.83 bits per heavy atom. The van der Waals surface area contributed by atoms with Crippen LogP contribution in [0.15, 0.2) is 47.7 Å². The number of hydrogen-bond acceptors (Lipinski definition) is 7. The number of carbonyl (C=O) groups is 2. The van der Waals surface area contributed by atoms with Crippen molar-refractivity contribution in [1.82, 2.24) is 25.2 Å². The first-order valence-corrected chi connectivity index (χ1v) is 12.9. The fourth-order valence-corrected chi connectivity index (χ4v) is 4.59. The molecule has 0 radical (unpaired) electrons. The van der Waals surface area contributed by atoms with Crippen molar-refractivity contribution in [2.45, 2.75) is 37.9 Å². The second-order valence-electron chi connectivity index (χ2n) is 9.49. The number of halogens is 5. The molecule has 2 aromatic heterocycles. The average Bonchev–Trinajstić information content (AvgIpc) is 3.43. The fraction of sp³-hybridized carbons (Fsp3) is 0.333. The van der Waals surface area contributed by atoms with Crippen LogP contribution in [0.3, 0.4) is 0 Å². The number of nitrogens with zero attached hydrogens (tertiary/aromatic N) is 4. The summed E-state index contributed by atoms with van der Waals surface area (Å²) in [4.78, 5) is 27.4. The average molecular weight is 593 g/mol. The lowest BCUT2D eigenvalue weighted by atomic mass is 10.0.